The molecule has 1 aliphatic rings. The van der Waals surface area contributed by atoms with Gasteiger partial charge in [0, 0.05) is 23.1 Å². The third-order valence-electron chi connectivity index (χ3n) is 4.35. The third kappa shape index (κ3) is 7.66. The van der Waals surface area contributed by atoms with Gasteiger partial charge >= 0.3 is 6.09 Å². The highest BCUT2D eigenvalue weighted by molar-refractivity contribution is 6.30. The Bertz CT molecular complexity index is 571. The maximum Gasteiger partial charge on any atom is 0.407 e. The van der Waals surface area contributed by atoms with Crippen LogP contribution in [0.2, 0.25) is 5.02 Å². The van der Waals surface area contributed by atoms with E-state index in [1.54, 1.807) is 0 Å². The van der Waals surface area contributed by atoms with E-state index in [1.165, 1.54) is 5.56 Å². The van der Waals surface area contributed by atoms with Crippen LogP contribution in [0, 0.1) is 0 Å². The number of rotatable bonds is 5. The van der Waals surface area contributed by atoms with Crippen molar-refractivity contribution in [3.63, 3.8) is 0 Å². The molecule has 1 fully saturated rings. The first-order valence-electron chi connectivity index (χ1n) is 9.21. The number of carbonyl (C=O) groups excluding carboxylic acids is 1. The van der Waals surface area contributed by atoms with Gasteiger partial charge in [0.25, 0.3) is 0 Å². The molecule has 1 aromatic carbocycles. The summed E-state index contributed by atoms with van der Waals surface area (Å²) in [5.41, 5.74) is 0.786. The summed E-state index contributed by atoms with van der Waals surface area (Å²) in [5.74, 6) is 0. The van der Waals surface area contributed by atoms with Gasteiger partial charge in [0.2, 0.25) is 0 Å². The SMILES string of the molecule is CC(Cc1cccc(Cl)c1)NC1CCCC(NC(=O)OC(C)(C)C)C1. The highest BCUT2D eigenvalue weighted by Crippen LogP contribution is 2.20. The van der Waals surface area contributed by atoms with E-state index in [1.807, 2.05) is 39.0 Å². The van der Waals surface area contributed by atoms with Crippen LogP contribution in [0.3, 0.4) is 0 Å². The second-order valence-corrected chi connectivity index (χ2v) is 8.54. The molecule has 25 heavy (non-hydrogen) atoms. The van der Waals surface area contributed by atoms with Crippen molar-refractivity contribution in [2.24, 2.45) is 0 Å². The van der Waals surface area contributed by atoms with Crippen molar-refractivity contribution in [2.45, 2.75) is 83.5 Å². The van der Waals surface area contributed by atoms with Gasteiger partial charge in [-0.2, -0.15) is 0 Å². The average Bonchev–Trinajstić information content (AvgIpc) is 2.45. The Morgan fingerprint density at radius 3 is 2.72 bits per heavy atom. The number of amides is 1. The topological polar surface area (TPSA) is 50.4 Å². The third-order valence-corrected chi connectivity index (χ3v) is 4.58. The molecule has 0 spiro atoms. The van der Waals surface area contributed by atoms with Gasteiger partial charge in [0.1, 0.15) is 5.60 Å². The second kappa shape index (κ2) is 8.91. The van der Waals surface area contributed by atoms with E-state index in [0.717, 1.165) is 37.1 Å². The van der Waals surface area contributed by atoms with Gasteiger partial charge in [0.15, 0.2) is 0 Å². The van der Waals surface area contributed by atoms with Crippen LogP contribution in [-0.4, -0.2) is 29.8 Å². The molecule has 1 aliphatic carbocycles. The number of hydrogen-bond acceptors (Lipinski definition) is 3. The summed E-state index contributed by atoms with van der Waals surface area (Å²) in [6.07, 6.45) is 4.85. The quantitative estimate of drug-likeness (QED) is 0.794. The lowest BCUT2D eigenvalue weighted by molar-refractivity contribution is 0.0488. The monoisotopic (exact) mass is 366 g/mol. The van der Waals surface area contributed by atoms with Crippen LogP contribution < -0.4 is 10.6 Å². The van der Waals surface area contributed by atoms with Crippen LogP contribution in [0.4, 0.5) is 4.79 Å². The van der Waals surface area contributed by atoms with Crippen molar-refractivity contribution >= 4 is 17.7 Å². The molecule has 1 saturated carbocycles. The molecule has 0 saturated heterocycles. The van der Waals surface area contributed by atoms with Gasteiger partial charge in [-0.05, 0) is 77.5 Å². The Labute approximate surface area is 156 Å². The molecule has 0 aromatic heterocycles. The number of nitrogens with one attached hydrogen (secondary N) is 2. The molecule has 3 atom stereocenters. The minimum absolute atomic E-state index is 0.180. The predicted octanol–water partition coefficient (Wildman–Crippen LogP) is 4.70. The molecule has 0 radical (unpaired) electrons. The second-order valence-electron chi connectivity index (χ2n) is 8.11. The van der Waals surface area contributed by atoms with E-state index in [9.17, 15) is 4.79 Å². The molecule has 1 amide bonds. The minimum Gasteiger partial charge on any atom is -0.444 e. The molecule has 0 bridgehead atoms. The Balaban J connectivity index is 1.79. The molecule has 0 aliphatic heterocycles. The Morgan fingerprint density at radius 1 is 1.32 bits per heavy atom. The van der Waals surface area contributed by atoms with Crippen LogP contribution in [0.25, 0.3) is 0 Å². The molecule has 2 N–H and O–H groups in total. The number of alkyl carbamates (subject to hydrolysis) is 1. The first kappa shape index (κ1) is 20.1. The molecular weight excluding hydrogens is 336 g/mol. The standard InChI is InChI=1S/C20H31ClN2O2/c1-14(11-15-7-5-8-16(21)12-15)22-17-9-6-10-18(13-17)23-19(24)25-20(2,3)4/h5,7-8,12,14,17-18,22H,6,9-11,13H2,1-4H3,(H,23,24). The Kier molecular flexibility index (Phi) is 7.14. The summed E-state index contributed by atoms with van der Waals surface area (Å²) in [5, 5.41) is 7.50. The maximum atomic E-state index is 12.0. The molecule has 3 unspecified atom stereocenters. The first-order valence-corrected chi connectivity index (χ1v) is 9.59. The van der Waals surface area contributed by atoms with Crippen LogP contribution in [-0.2, 0) is 11.2 Å². The van der Waals surface area contributed by atoms with Gasteiger partial charge in [0.05, 0.1) is 0 Å². The Hall–Kier alpha value is -1.26. The average molecular weight is 367 g/mol. The predicted molar refractivity (Wildman–Crippen MR) is 103 cm³/mol. The summed E-state index contributed by atoms with van der Waals surface area (Å²) in [6, 6.07) is 8.99. The van der Waals surface area contributed by atoms with Crippen LogP contribution >= 0.6 is 11.6 Å². The number of hydrogen-bond donors (Lipinski definition) is 2. The highest BCUT2D eigenvalue weighted by atomic mass is 35.5. The molecule has 2 rings (SSSR count). The first-order chi connectivity index (χ1) is 11.7. The summed E-state index contributed by atoms with van der Waals surface area (Å²) in [7, 11) is 0. The number of halogens is 1. The van der Waals surface area contributed by atoms with Gasteiger partial charge in [-0.3, -0.25) is 0 Å². The van der Waals surface area contributed by atoms with E-state index >= 15 is 0 Å². The fraction of sp³-hybridized carbons (Fsp3) is 0.650. The fourth-order valence-electron chi connectivity index (χ4n) is 3.43. The van der Waals surface area contributed by atoms with Gasteiger partial charge in [-0.15, -0.1) is 0 Å². The maximum absolute atomic E-state index is 12.0. The van der Waals surface area contributed by atoms with E-state index in [4.69, 9.17) is 16.3 Å². The van der Waals surface area contributed by atoms with Crippen molar-refractivity contribution in [3.05, 3.63) is 34.9 Å². The van der Waals surface area contributed by atoms with Crippen LogP contribution in [0.5, 0.6) is 0 Å². The van der Waals surface area contributed by atoms with Crippen molar-refractivity contribution in [3.8, 4) is 0 Å². The lowest BCUT2D eigenvalue weighted by Crippen LogP contribution is -2.47. The summed E-state index contributed by atoms with van der Waals surface area (Å²) < 4.78 is 5.36. The smallest absolute Gasteiger partial charge is 0.407 e. The summed E-state index contributed by atoms with van der Waals surface area (Å²) in [6.45, 7) is 7.85. The summed E-state index contributed by atoms with van der Waals surface area (Å²) in [4.78, 5) is 12.0. The van der Waals surface area contributed by atoms with Crippen LogP contribution in [0.1, 0.15) is 58.9 Å². The van der Waals surface area contributed by atoms with Crippen molar-refractivity contribution in [2.75, 3.05) is 0 Å². The van der Waals surface area contributed by atoms with E-state index in [-0.39, 0.29) is 12.1 Å². The number of benzene rings is 1. The summed E-state index contributed by atoms with van der Waals surface area (Å²) >= 11 is 6.06. The van der Waals surface area contributed by atoms with Crippen molar-refractivity contribution in [1.29, 1.82) is 0 Å². The Morgan fingerprint density at radius 2 is 2.04 bits per heavy atom. The van der Waals surface area contributed by atoms with Gasteiger partial charge in [-0.25, -0.2) is 4.79 Å². The van der Waals surface area contributed by atoms with Crippen molar-refractivity contribution in [1.82, 2.24) is 10.6 Å². The molecule has 140 valence electrons. The van der Waals surface area contributed by atoms with E-state index < -0.39 is 5.60 Å². The molecule has 4 nitrogen and oxygen atoms in total. The molecular formula is C20H31ClN2O2. The largest absolute Gasteiger partial charge is 0.444 e. The lowest BCUT2D eigenvalue weighted by Gasteiger charge is -2.33. The molecule has 0 heterocycles. The molecule has 1 aromatic rings. The van der Waals surface area contributed by atoms with E-state index in [2.05, 4.69) is 23.6 Å². The zero-order chi connectivity index (χ0) is 18.4. The number of ether oxygens (including phenoxy) is 1. The number of carbonyl (C=O) groups is 1. The van der Waals surface area contributed by atoms with Crippen LogP contribution in [0.15, 0.2) is 24.3 Å². The fourth-order valence-corrected chi connectivity index (χ4v) is 3.64. The zero-order valence-corrected chi connectivity index (χ0v) is 16.5. The van der Waals surface area contributed by atoms with E-state index in [0.29, 0.717) is 12.1 Å². The zero-order valence-electron chi connectivity index (χ0n) is 15.8. The van der Waals surface area contributed by atoms with Gasteiger partial charge in [-0.1, -0.05) is 23.7 Å². The molecule has 5 heteroatoms. The van der Waals surface area contributed by atoms with Gasteiger partial charge < -0.3 is 15.4 Å². The normalized spacial score (nSPS) is 22.3. The van der Waals surface area contributed by atoms with Crippen molar-refractivity contribution < 1.29 is 9.53 Å². The lowest BCUT2D eigenvalue weighted by atomic mass is 9.90. The minimum atomic E-state index is -0.456. The highest BCUT2D eigenvalue weighted by Gasteiger charge is 2.26.